The van der Waals surface area contributed by atoms with Gasteiger partial charge in [-0.1, -0.05) is 23.4 Å². The van der Waals surface area contributed by atoms with E-state index < -0.39 is 0 Å². The lowest BCUT2D eigenvalue weighted by Crippen LogP contribution is -2.29. The molecule has 1 N–H and O–H groups in total. The van der Waals surface area contributed by atoms with Gasteiger partial charge >= 0.3 is 0 Å². The molecule has 1 aromatic carbocycles. The van der Waals surface area contributed by atoms with E-state index in [0.717, 1.165) is 11.4 Å². The molecule has 1 aromatic heterocycles. The van der Waals surface area contributed by atoms with Crippen LogP contribution in [0.3, 0.4) is 0 Å². The maximum atomic E-state index is 5.87. The van der Waals surface area contributed by atoms with E-state index in [9.17, 15) is 0 Å². The summed E-state index contributed by atoms with van der Waals surface area (Å²) in [5.41, 5.74) is 1.82. The van der Waals surface area contributed by atoms with Crippen molar-refractivity contribution in [3.05, 3.63) is 42.2 Å². The van der Waals surface area contributed by atoms with Gasteiger partial charge in [0.15, 0.2) is 0 Å². The van der Waals surface area contributed by atoms with Gasteiger partial charge < -0.3 is 10.1 Å². The van der Waals surface area contributed by atoms with Gasteiger partial charge in [0.25, 0.3) is 0 Å². The topological polar surface area (TPSA) is 52.0 Å². The molecule has 0 bridgehead atoms. The van der Waals surface area contributed by atoms with E-state index >= 15 is 0 Å². The van der Waals surface area contributed by atoms with Crippen molar-refractivity contribution >= 4 is 0 Å². The molecule has 0 saturated heterocycles. The van der Waals surface area contributed by atoms with Crippen molar-refractivity contribution in [2.45, 2.75) is 32.4 Å². The van der Waals surface area contributed by atoms with Crippen LogP contribution in [-0.2, 0) is 4.74 Å². The van der Waals surface area contributed by atoms with Crippen LogP contribution in [0.15, 0.2) is 36.5 Å². The summed E-state index contributed by atoms with van der Waals surface area (Å²) in [6.07, 6.45) is 1.78. The Morgan fingerprint density at radius 3 is 2.55 bits per heavy atom. The molecule has 0 radical (unpaired) electrons. The zero-order valence-corrected chi connectivity index (χ0v) is 12.5. The molecule has 5 heteroatoms. The van der Waals surface area contributed by atoms with Crippen LogP contribution >= 0.6 is 0 Å². The number of nitrogens with zero attached hydrogens (tertiary/aromatic N) is 3. The van der Waals surface area contributed by atoms with Crippen molar-refractivity contribution in [3.8, 4) is 5.69 Å². The highest BCUT2D eigenvalue weighted by molar-refractivity contribution is 5.32. The van der Waals surface area contributed by atoms with Crippen LogP contribution < -0.4 is 5.32 Å². The maximum Gasteiger partial charge on any atom is 0.0838 e. The zero-order chi connectivity index (χ0) is 14.6. The molecule has 1 heterocycles. The first-order valence-corrected chi connectivity index (χ1v) is 6.78. The second kappa shape index (κ2) is 6.15. The van der Waals surface area contributed by atoms with Crippen LogP contribution in [-0.4, -0.2) is 34.2 Å². The first kappa shape index (κ1) is 14.7. The van der Waals surface area contributed by atoms with Crippen molar-refractivity contribution in [2.24, 2.45) is 0 Å². The lowest BCUT2D eigenvalue weighted by Gasteiger charge is -2.24. The molecule has 0 amide bonds. The van der Waals surface area contributed by atoms with E-state index in [4.69, 9.17) is 4.74 Å². The van der Waals surface area contributed by atoms with Crippen molar-refractivity contribution in [2.75, 3.05) is 13.7 Å². The predicted octanol–water partition coefficient (Wildman–Crippen LogP) is 2.34. The van der Waals surface area contributed by atoms with Crippen LogP contribution in [0.5, 0.6) is 0 Å². The Kier molecular flexibility index (Phi) is 4.52. The monoisotopic (exact) mass is 274 g/mol. The Balaban J connectivity index is 2.21. The molecule has 2 aromatic rings. The number of aromatic nitrogens is 3. The number of hydrogen-bond donors (Lipinski definition) is 1. The Labute approximate surface area is 120 Å². The summed E-state index contributed by atoms with van der Waals surface area (Å²) in [6, 6.07) is 10.0. The maximum absolute atomic E-state index is 5.87. The molecule has 0 fully saturated rings. The molecule has 2 rings (SSSR count). The number of nitrogens with one attached hydrogen (secondary N) is 1. The summed E-state index contributed by atoms with van der Waals surface area (Å²) < 4.78 is 7.71. The molecule has 0 aliphatic carbocycles. The first-order valence-electron chi connectivity index (χ1n) is 6.78. The fourth-order valence-electron chi connectivity index (χ4n) is 1.90. The molecule has 0 spiro atoms. The number of benzene rings is 1. The van der Waals surface area contributed by atoms with Crippen LogP contribution in [0.1, 0.15) is 32.5 Å². The molecule has 5 nitrogen and oxygen atoms in total. The lowest BCUT2D eigenvalue weighted by molar-refractivity contribution is -0.0146. The van der Waals surface area contributed by atoms with E-state index in [0.29, 0.717) is 6.61 Å². The average Bonchev–Trinajstić information content (AvgIpc) is 2.88. The van der Waals surface area contributed by atoms with E-state index in [1.54, 1.807) is 6.20 Å². The van der Waals surface area contributed by atoms with E-state index in [2.05, 4.69) is 15.6 Å². The highest BCUT2D eigenvalue weighted by atomic mass is 16.5. The minimum absolute atomic E-state index is 0.0458. The van der Waals surface area contributed by atoms with Gasteiger partial charge in [-0.25, -0.2) is 4.68 Å². The van der Waals surface area contributed by atoms with Gasteiger partial charge in [0.2, 0.25) is 0 Å². The molecular formula is C15H22N4O. The normalized spacial score (nSPS) is 13.4. The van der Waals surface area contributed by atoms with Crippen molar-refractivity contribution in [1.82, 2.24) is 20.3 Å². The fraction of sp³-hybridized carbons (Fsp3) is 0.467. The average molecular weight is 274 g/mol. The lowest BCUT2D eigenvalue weighted by atomic mass is 10.1. The Bertz CT molecular complexity index is 530. The molecule has 0 aliphatic rings. The second-order valence-electron chi connectivity index (χ2n) is 5.67. The van der Waals surface area contributed by atoms with E-state index in [1.807, 2.05) is 62.8 Å². The van der Waals surface area contributed by atoms with Gasteiger partial charge in [-0.15, -0.1) is 5.10 Å². The minimum Gasteiger partial charge on any atom is -0.374 e. The third-order valence-corrected chi connectivity index (χ3v) is 2.96. The highest BCUT2D eigenvalue weighted by Crippen LogP contribution is 2.18. The van der Waals surface area contributed by atoms with E-state index in [-0.39, 0.29) is 11.6 Å². The van der Waals surface area contributed by atoms with Gasteiger partial charge in [0.1, 0.15) is 0 Å². The SMILES string of the molecule is CNC(COC(C)(C)C)c1cnnn1-c1ccccc1. The van der Waals surface area contributed by atoms with Crippen molar-refractivity contribution in [3.63, 3.8) is 0 Å². The molecular weight excluding hydrogens is 252 g/mol. The summed E-state index contributed by atoms with van der Waals surface area (Å²) in [6.45, 7) is 6.71. The molecule has 20 heavy (non-hydrogen) atoms. The number of hydrogen-bond acceptors (Lipinski definition) is 4. The Morgan fingerprint density at radius 2 is 1.95 bits per heavy atom. The van der Waals surface area contributed by atoms with Crippen molar-refractivity contribution in [1.29, 1.82) is 0 Å². The smallest absolute Gasteiger partial charge is 0.0838 e. The molecule has 108 valence electrons. The third kappa shape index (κ3) is 3.65. The summed E-state index contributed by atoms with van der Waals surface area (Å²) >= 11 is 0. The summed E-state index contributed by atoms with van der Waals surface area (Å²) in [7, 11) is 1.92. The number of likely N-dealkylation sites (N-methyl/N-ethyl adjacent to an activating group) is 1. The van der Waals surface area contributed by atoms with Gasteiger partial charge in [-0.3, -0.25) is 0 Å². The van der Waals surface area contributed by atoms with Gasteiger partial charge in [0, 0.05) is 0 Å². The largest absolute Gasteiger partial charge is 0.374 e. The molecule has 0 saturated carbocycles. The van der Waals surface area contributed by atoms with Gasteiger partial charge in [-0.2, -0.15) is 0 Å². The zero-order valence-electron chi connectivity index (χ0n) is 12.5. The quantitative estimate of drug-likeness (QED) is 0.909. The predicted molar refractivity (Wildman–Crippen MR) is 78.9 cm³/mol. The Hall–Kier alpha value is -1.72. The number of ether oxygens (including phenoxy) is 1. The fourth-order valence-corrected chi connectivity index (χ4v) is 1.90. The van der Waals surface area contributed by atoms with Crippen molar-refractivity contribution < 1.29 is 4.74 Å². The Morgan fingerprint density at radius 1 is 1.25 bits per heavy atom. The first-order chi connectivity index (χ1) is 9.51. The molecule has 0 aliphatic heterocycles. The van der Waals surface area contributed by atoms with Crippen LogP contribution in [0.4, 0.5) is 0 Å². The van der Waals surface area contributed by atoms with Gasteiger partial charge in [0.05, 0.1) is 35.8 Å². The summed E-state index contributed by atoms with van der Waals surface area (Å²) in [4.78, 5) is 0. The summed E-state index contributed by atoms with van der Waals surface area (Å²) in [5.74, 6) is 0. The highest BCUT2D eigenvalue weighted by Gasteiger charge is 2.20. The second-order valence-corrected chi connectivity index (χ2v) is 5.67. The molecule has 1 unspecified atom stereocenters. The number of para-hydroxylation sites is 1. The van der Waals surface area contributed by atoms with Crippen LogP contribution in [0, 0.1) is 0 Å². The molecule has 1 atom stereocenters. The van der Waals surface area contributed by atoms with E-state index in [1.165, 1.54) is 0 Å². The van der Waals surface area contributed by atoms with Crippen LogP contribution in [0.2, 0.25) is 0 Å². The van der Waals surface area contributed by atoms with Gasteiger partial charge in [-0.05, 0) is 40.0 Å². The third-order valence-electron chi connectivity index (χ3n) is 2.96. The number of rotatable bonds is 5. The summed E-state index contributed by atoms with van der Waals surface area (Å²) in [5, 5.41) is 11.5. The minimum atomic E-state index is -0.167. The van der Waals surface area contributed by atoms with Crippen LogP contribution in [0.25, 0.3) is 5.69 Å². The standard InChI is InChI=1S/C15H22N4O/c1-15(2,3)20-11-13(16-4)14-10-17-18-19(14)12-8-6-5-7-9-12/h5-10,13,16H,11H2,1-4H3.